The molecule has 2 aromatic carbocycles. The fourth-order valence-electron chi connectivity index (χ4n) is 2.46. The monoisotopic (exact) mass is 392 g/mol. The molecule has 0 saturated heterocycles. The van der Waals surface area contributed by atoms with Crippen molar-refractivity contribution in [3.8, 4) is 23.1 Å². The van der Waals surface area contributed by atoms with Gasteiger partial charge >= 0.3 is 0 Å². The summed E-state index contributed by atoms with van der Waals surface area (Å²) < 4.78 is 5.02. The molecular formula is C20H16N4O3S. The molecule has 0 saturated carbocycles. The molecular weight excluding hydrogens is 376 g/mol. The second kappa shape index (κ2) is 8.33. The number of methoxy groups -OCH3 is 1. The highest BCUT2D eigenvalue weighted by Crippen LogP contribution is 2.30. The SMILES string of the molecule is COc1ccc(N/C=C(\C#N)c2nc(-c3ccc(C)cc3)cs2)c([N+](=O)[O-])c1. The molecule has 0 fully saturated rings. The van der Waals surface area contributed by atoms with E-state index in [4.69, 9.17) is 4.74 Å². The summed E-state index contributed by atoms with van der Waals surface area (Å²) in [6.45, 7) is 2.01. The smallest absolute Gasteiger partial charge is 0.296 e. The number of hydrogen-bond donors (Lipinski definition) is 1. The summed E-state index contributed by atoms with van der Waals surface area (Å²) in [5, 5.41) is 26.0. The lowest BCUT2D eigenvalue weighted by Gasteiger charge is -2.05. The van der Waals surface area contributed by atoms with Gasteiger partial charge in [0.2, 0.25) is 0 Å². The van der Waals surface area contributed by atoms with Gasteiger partial charge in [-0.05, 0) is 19.1 Å². The Kier molecular flexibility index (Phi) is 5.67. The van der Waals surface area contributed by atoms with E-state index in [-0.39, 0.29) is 16.9 Å². The lowest BCUT2D eigenvalue weighted by Crippen LogP contribution is -1.98. The number of hydrogen-bond acceptors (Lipinski definition) is 7. The van der Waals surface area contributed by atoms with Crippen LogP contribution in [0.15, 0.2) is 54.0 Å². The second-order valence-electron chi connectivity index (χ2n) is 5.86. The summed E-state index contributed by atoms with van der Waals surface area (Å²) in [6, 6.07) is 14.5. The summed E-state index contributed by atoms with van der Waals surface area (Å²) in [6.07, 6.45) is 1.42. The maximum atomic E-state index is 11.3. The fraction of sp³-hybridized carbons (Fsp3) is 0.100. The van der Waals surface area contributed by atoms with Crippen LogP contribution in [0.3, 0.4) is 0 Å². The quantitative estimate of drug-likeness (QED) is 0.359. The Morgan fingerprint density at radius 2 is 2.07 bits per heavy atom. The zero-order valence-electron chi connectivity index (χ0n) is 15.2. The predicted molar refractivity (Wildman–Crippen MR) is 109 cm³/mol. The van der Waals surface area contributed by atoms with Gasteiger partial charge in [-0.1, -0.05) is 29.8 Å². The van der Waals surface area contributed by atoms with E-state index in [0.717, 1.165) is 16.8 Å². The molecule has 3 rings (SSSR count). The molecule has 1 heterocycles. The van der Waals surface area contributed by atoms with Gasteiger partial charge in [0.15, 0.2) is 0 Å². The Hall–Kier alpha value is -3.70. The van der Waals surface area contributed by atoms with Crippen molar-refractivity contribution in [3.63, 3.8) is 0 Å². The summed E-state index contributed by atoms with van der Waals surface area (Å²) >= 11 is 1.34. The third-order valence-corrected chi connectivity index (χ3v) is 4.85. The van der Waals surface area contributed by atoms with Crippen molar-refractivity contribution in [2.24, 2.45) is 0 Å². The van der Waals surface area contributed by atoms with E-state index in [1.165, 1.54) is 36.8 Å². The second-order valence-corrected chi connectivity index (χ2v) is 6.72. The zero-order valence-corrected chi connectivity index (χ0v) is 16.0. The van der Waals surface area contributed by atoms with Crippen LogP contribution in [0.1, 0.15) is 10.6 Å². The molecule has 140 valence electrons. The Bertz CT molecular complexity index is 1080. The van der Waals surface area contributed by atoms with Crippen molar-refractivity contribution < 1.29 is 9.66 Å². The van der Waals surface area contributed by atoms with E-state index in [1.807, 2.05) is 36.6 Å². The number of nitriles is 1. The molecule has 1 N–H and O–H groups in total. The maximum Gasteiger partial charge on any atom is 0.296 e. The van der Waals surface area contributed by atoms with E-state index < -0.39 is 4.92 Å². The minimum atomic E-state index is -0.510. The number of allylic oxidation sites excluding steroid dienone is 1. The van der Waals surface area contributed by atoms with Crippen LogP contribution in [0.2, 0.25) is 0 Å². The minimum Gasteiger partial charge on any atom is -0.496 e. The third kappa shape index (κ3) is 4.16. The molecule has 1 aromatic heterocycles. The number of thiazole rings is 1. The van der Waals surface area contributed by atoms with Crippen molar-refractivity contribution in [1.82, 2.24) is 4.98 Å². The average Bonchev–Trinajstić information content (AvgIpc) is 3.19. The number of anilines is 1. The summed E-state index contributed by atoms with van der Waals surface area (Å²) in [5.41, 5.74) is 3.29. The van der Waals surface area contributed by atoms with Crippen LogP contribution in [0.4, 0.5) is 11.4 Å². The van der Waals surface area contributed by atoms with Gasteiger partial charge in [0.05, 0.1) is 23.8 Å². The topological polar surface area (TPSA) is 101 Å². The van der Waals surface area contributed by atoms with Crippen LogP contribution < -0.4 is 10.1 Å². The standard InChI is InChI=1S/C20H16N4O3S/c1-13-3-5-14(6-4-13)18-12-28-20(23-18)15(10-21)11-22-17-8-7-16(27-2)9-19(17)24(25)26/h3-9,11-12,22H,1-2H3/b15-11+. The molecule has 3 aromatic rings. The lowest BCUT2D eigenvalue weighted by molar-refractivity contribution is -0.384. The van der Waals surface area contributed by atoms with Crippen LogP contribution in [-0.4, -0.2) is 17.0 Å². The number of nitro benzene ring substituents is 1. The number of benzene rings is 2. The number of aryl methyl sites for hydroxylation is 1. The highest BCUT2D eigenvalue weighted by molar-refractivity contribution is 7.11. The Balaban J connectivity index is 1.87. The van der Waals surface area contributed by atoms with Crippen LogP contribution in [0, 0.1) is 28.4 Å². The minimum absolute atomic E-state index is 0.146. The molecule has 0 bridgehead atoms. The molecule has 0 amide bonds. The van der Waals surface area contributed by atoms with E-state index in [0.29, 0.717) is 10.8 Å². The van der Waals surface area contributed by atoms with E-state index in [9.17, 15) is 15.4 Å². The van der Waals surface area contributed by atoms with Gasteiger partial charge in [-0.15, -0.1) is 11.3 Å². The van der Waals surface area contributed by atoms with Gasteiger partial charge in [0.25, 0.3) is 5.69 Å². The van der Waals surface area contributed by atoms with Gasteiger partial charge in [0, 0.05) is 17.1 Å². The summed E-state index contributed by atoms with van der Waals surface area (Å²) in [5.74, 6) is 0.379. The Morgan fingerprint density at radius 3 is 2.71 bits per heavy atom. The van der Waals surface area contributed by atoms with Gasteiger partial charge in [0.1, 0.15) is 28.1 Å². The normalized spacial score (nSPS) is 11.0. The molecule has 0 spiro atoms. The molecule has 0 aliphatic rings. The van der Waals surface area contributed by atoms with Crippen molar-refractivity contribution in [2.75, 3.05) is 12.4 Å². The van der Waals surface area contributed by atoms with Crippen molar-refractivity contribution >= 4 is 28.3 Å². The van der Waals surface area contributed by atoms with Gasteiger partial charge in [-0.25, -0.2) is 4.98 Å². The lowest BCUT2D eigenvalue weighted by atomic mass is 10.1. The van der Waals surface area contributed by atoms with Crippen LogP contribution in [-0.2, 0) is 0 Å². The number of rotatable bonds is 6. The molecule has 28 heavy (non-hydrogen) atoms. The number of nitrogens with one attached hydrogen (secondary N) is 1. The zero-order chi connectivity index (χ0) is 20.1. The first-order chi connectivity index (χ1) is 13.5. The van der Waals surface area contributed by atoms with E-state index in [2.05, 4.69) is 16.4 Å². The van der Waals surface area contributed by atoms with Gasteiger partial charge in [-0.3, -0.25) is 10.1 Å². The van der Waals surface area contributed by atoms with Gasteiger partial charge < -0.3 is 10.1 Å². The molecule has 0 aliphatic carbocycles. The highest BCUT2D eigenvalue weighted by Gasteiger charge is 2.15. The molecule has 0 aliphatic heterocycles. The number of ether oxygens (including phenoxy) is 1. The van der Waals surface area contributed by atoms with Gasteiger partial charge in [-0.2, -0.15) is 5.26 Å². The maximum absolute atomic E-state index is 11.3. The Labute approximate surface area is 165 Å². The Morgan fingerprint density at radius 1 is 1.32 bits per heavy atom. The van der Waals surface area contributed by atoms with Crippen LogP contribution in [0.5, 0.6) is 5.75 Å². The van der Waals surface area contributed by atoms with Crippen molar-refractivity contribution in [3.05, 3.63) is 74.7 Å². The first kappa shape index (κ1) is 19.1. The molecule has 8 heteroatoms. The van der Waals surface area contributed by atoms with Crippen molar-refractivity contribution in [2.45, 2.75) is 6.92 Å². The van der Waals surface area contributed by atoms with Crippen LogP contribution in [0.25, 0.3) is 16.8 Å². The van der Waals surface area contributed by atoms with E-state index in [1.54, 1.807) is 6.07 Å². The number of aromatic nitrogens is 1. The number of nitrogens with zero attached hydrogens (tertiary/aromatic N) is 3. The fourth-order valence-corrected chi connectivity index (χ4v) is 3.25. The van der Waals surface area contributed by atoms with Crippen molar-refractivity contribution in [1.29, 1.82) is 5.26 Å². The molecule has 0 unspecified atom stereocenters. The molecule has 0 radical (unpaired) electrons. The number of nitro groups is 1. The van der Waals surface area contributed by atoms with Crippen LogP contribution >= 0.6 is 11.3 Å². The largest absolute Gasteiger partial charge is 0.496 e. The third-order valence-electron chi connectivity index (χ3n) is 3.98. The van der Waals surface area contributed by atoms with E-state index >= 15 is 0 Å². The first-order valence-corrected chi connectivity index (χ1v) is 9.12. The average molecular weight is 392 g/mol. The summed E-state index contributed by atoms with van der Waals surface area (Å²) in [4.78, 5) is 15.3. The summed E-state index contributed by atoms with van der Waals surface area (Å²) in [7, 11) is 1.44. The molecule has 0 atom stereocenters. The predicted octanol–water partition coefficient (Wildman–Crippen LogP) is 5.01. The highest BCUT2D eigenvalue weighted by atomic mass is 32.1. The first-order valence-electron chi connectivity index (χ1n) is 8.24. The molecule has 7 nitrogen and oxygen atoms in total.